The first kappa shape index (κ1) is 13.6. The van der Waals surface area contributed by atoms with E-state index in [1.165, 1.54) is 10.4 Å². The van der Waals surface area contributed by atoms with Crippen LogP contribution in [0.25, 0.3) is 0 Å². The van der Waals surface area contributed by atoms with Crippen molar-refractivity contribution in [2.45, 2.75) is 37.8 Å². The Kier molecular flexibility index (Phi) is 4.09. The second-order valence-corrected chi connectivity index (χ2v) is 6.60. The summed E-state index contributed by atoms with van der Waals surface area (Å²) in [5.74, 6) is 0.978. The second kappa shape index (κ2) is 5.42. The molecule has 2 rings (SSSR count). The number of nitrogens with two attached hydrogens (primary N) is 1. The van der Waals surface area contributed by atoms with Crippen LogP contribution in [-0.4, -0.2) is 25.8 Å². The van der Waals surface area contributed by atoms with Crippen LogP contribution < -0.4 is 5.73 Å². The second-order valence-electron chi connectivity index (χ2n) is 4.73. The minimum absolute atomic E-state index is 0.0140. The first-order chi connectivity index (χ1) is 8.57. The summed E-state index contributed by atoms with van der Waals surface area (Å²) < 4.78 is 31.4. The molecule has 0 aromatic carbocycles. The summed E-state index contributed by atoms with van der Waals surface area (Å²) in [7, 11) is -3.47. The molecule has 1 aliphatic rings. The fraction of sp³-hybridized carbons (Fsp3) is 0.667. The molecule has 0 bridgehead atoms. The van der Waals surface area contributed by atoms with Crippen molar-refractivity contribution in [3.05, 3.63) is 17.9 Å². The summed E-state index contributed by atoms with van der Waals surface area (Å²) >= 11 is 0. The molecule has 1 aromatic rings. The Bertz CT molecular complexity index is 495. The fourth-order valence-electron chi connectivity index (χ4n) is 2.39. The summed E-state index contributed by atoms with van der Waals surface area (Å²) in [6, 6.07) is 3.11. The number of nitrogens with zero attached hydrogens (tertiary/aromatic N) is 1. The molecule has 1 unspecified atom stereocenters. The van der Waals surface area contributed by atoms with Gasteiger partial charge in [0.2, 0.25) is 5.09 Å². The molecule has 1 saturated heterocycles. The molecule has 0 radical (unpaired) electrons. The molecule has 5 nitrogen and oxygen atoms in total. The van der Waals surface area contributed by atoms with Gasteiger partial charge in [0.25, 0.3) is 10.0 Å². The number of hydrogen-bond donors (Lipinski definition) is 1. The average Bonchev–Trinajstić information content (AvgIpc) is 2.98. The van der Waals surface area contributed by atoms with Crippen molar-refractivity contribution in [2.24, 2.45) is 11.7 Å². The summed E-state index contributed by atoms with van der Waals surface area (Å²) in [5, 5.41) is 0.0140. The van der Waals surface area contributed by atoms with Crippen LogP contribution in [0.4, 0.5) is 0 Å². The van der Waals surface area contributed by atoms with E-state index in [1.54, 1.807) is 6.07 Å². The Labute approximate surface area is 108 Å². The van der Waals surface area contributed by atoms with E-state index in [0.717, 1.165) is 19.3 Å². The van der Waals surface area contributed by atoms with E-state index in [1.807, 2.05) is 0 Å². The lowest BCUT2D eigenvalue weighted by molar-refractivity contribution is 0.384. The van der Waals surface area contributed by atoms with Gasteiger partial charge in [-0.25, -0.2) is 8.42 Å². The Morgan fingerprint density at radius 3 is 2.89 bits per heavy atom. The molecule has 2 N–H and O–H groups in total. The van der Waals surface area contributed by atoms with E-state index in [9.17, 15) is 8.42 Å². The van der Waals surface area contributed by atoms with Gasteiger partial charge >= 0.3 is 0 Å². The van der Waals surface area contributed by atoms with Crippen LogP contribution in [-0.2, 0) is 16.6 Å². The van der Waals surface area contributed by atoms with E-state index in [0.29, 0.717) is 24.8 Å². The first-order valence-electron chi connectivity index (χ1n) is 6.37. The molecule has 18 heavy (non-hydrogen) atoms. The van der Waals surface area contributed by atoms with Crippen molar-refractivity contribution in [1.82, 2.24) is 4.31 Å². The van der Waals surface area contributed by atoms with Crippen LogP contribution in [0.5, 0.6) is 0 Å². The number of furan rings is 1. The van der Waals surface area contributed by atoms with E-state index in [-0.39, 0.29) is 11.6 Å². The Hall–Kier alpha value is -0.850. The summed E-state index contributed by atoms with van der Waals surface area (Å²) in [6.45, 7) is 3.53. The van der Waals surface area contributed by atoms with Gasteiger partial charge in [0, 0.05) is 13.1 Å². The van der Waals surface area contributed by atoms with E-state index in [2.05, 4.69) is 6.92 Å². The molecule has 1 aliphatic heterocycles. The van der Waals surface area contributed by atoms with Gasteiger partial charge < -0.3 is 10.2 Å². The molecule has 0 saturated carbocycles. The monoisotopic (exact) mass is 272 g/mol. The summed E-state index contributed by atoms with van der Waals surface area (Å²) in [4.78, 5) is 0. The van der Waals surface area contributed by atoms with Gasteiger partial charge in [-0.05, 0) is 30.9 Å². The summed E-state index contributed by atoms with van der Waals surface area (Å²) in [5.41, 5.74) is 5.42. The highest BCUT2D eigenvalue weighted by Gasteiger charge is 2.33. The zero-order chi connectivity index (χ0) is 13.2. The molecule has 0 amide bonds. The topological polar surface area (TPSA) is 76.5 Å². The zero-order valence-corrected chi connectivity index (χ0v) is 11.4. The third kappa shape index (κ3) is 2.60. The molecule has 2 heterocycles. The third-order valence-corrected chi connectivity index (χ3v) is 5.12. The Morgan fingerprint density at radius 1 is 1.50 bits per heavy atom. The van der Waals surface area contributed by atoms with Gasteiger partial charge in [0.05, 0.1) is 6.54 Å². The summed E-state index contributed by atoms with van der Waals surface area (Å²) in [6.07, 6.45) is 3.12. The van der Waals surface area contributed by atoms with Gasteiger partial charge in [-0.2, -0.15) is 4.31 Å². The van der Waals surface area contributed by atoms with Crippen LogP contribution in [0.3, 0.4) is 0 Å². The van der Waals surface area contributed by atoms with Gasteiger partial charge in [-0.3, -0.25) is 0 Å². The molecular weight excluding hydrogens is 252 g/mol. The lowest BCUT2D eigenvalue weighted by atomic mass is 10.0. The van der Waals surface area contributed by atoms with E-state index in [4.69, 9.17) is 10.2 Å². The minimum atomic E-state index is -3.47. The molecule has 6 heteroatoms. The van der Waals surface area contributed by atoms with Gasteiger partial charge in [-0.1, -0.05) is 13.3 Å². The van der Waals surface area contributed by atoms with Crippen molar-refractivity contribution in [3.63, 3.8) is 0 Å². The standard InChI is InChI=1S/C12H20N2O3S/c1-2-3-10-6-7-14(9-10)18(15,16)12-5-4-11(8-13)17-12/h4-5,10H,2-3,6-9,13H2,1H3. The molecule has 102 valence electrons. The van der Waals surface area contributed by atoms with Gasteiger partial charge in [0.1, 0.15) is 5.76 Å². The van der Waals surface area contributed by atoms with Gasteiger partial charge in [0.15, 0.2) is 0 Å². The largest absolute Gasteiger partial charge is 0.447 e. The first-order valence-corrected chi connectivity index (χ1v) is 7.81. The maximum absolute atomic E-state index is 12.3. The van der Waals surface area contributed by atoms with Crippen LogP contribution in [0.1, 0.15) is 31.9 Å². The Balaban J connectivity index is 2.12. The normalized spacial score (nSPS) is 21.6. The quantitative estimate of drug-likeness (QED) is 0.882. The lowest BCUT2D eigenvalue weighted by Gasteiger charge is -2.14. The van der Waals surface area contributed by atoms with Crippen LogP contribution in [0.15, 0.2) is 21.6 Å². The lowest BCUT2D eigenvalue weighted by Crippen LogP contribution is -2.28. The van der Waals surface area contributed by atoms with Crippen molar-refractivity contribution in [3.8, 4) is 0 Å². The van der Waals surface area contributed by atoms with E-state index >= 15 is 0 Å². The van der Waals surface area contributed by atoms with Crippen molar-refractivity contribution < 1.29 is 12.8 Å². The van der Waals surface area contributed by atoms with Crippen LogP contribution in [0.2, 0.25) is 0 Å². The van der Waals surface area contributed by atoms with Crippen molar-refractivity contribution >= 4 is 10.0 Å². The van der Waals surface area contributed by atoms with Crippen LogP contribution in [0, 0.1) is 5.92 Å². The minimum Gasteiger partial charge on any atom is -0.447 e. The number of hydrogen-bond acceptors (Lipinski definition) is 4. The molecule has 0 spiro atoms. The zero-order valence-electron chi connectivity index (χ0n) is 10.6. The number of sulfonamides is 1. The number of rotatable bonds is 5. The Morgan fingerprint density at radius 2 is 2.28 bits per heavy atom. The molecule has 1 atom stereocenters. The SMILES string of the molecule is CCCC1CCN(S(=O)(=O)c2ccc(CN)o2)C1. The smallest absolute Gasteiger partial charge is 0.276 e. The maximum Gasteiger partial charge on any atom is 0.276 e. The molecule has 1 aromatic heterocycles. The van der Waals surface area contributed by atoms with Crippen molar-refractivity contribution in [2.75, 3.05) is 13.1 Å². The predicted octanol–water partition coefficient (Wildman–Crippen LogP) is 1.55. The highest BCUT2D eigenvalue weighted by molar-refractivity contribution is 7.89. The van der Waals surface area contributed by atoms with Crippen LogP contribution >= 0.6 is 0 Å². The highest BCUT2D eigenvalue weighted by atomic mass is 32.2. The molecule has 1 fully saturated rings. The van der Waals surface area contributed by atoms with Gasteiger partial charge in [-0.15, -0.1) is 0 Å². The molecular formula is C12H20N2O3S. The van der Waals surface area contributed by atoms with Crippen molar-refractivity contribution in [1.29, 1.82) is 0 Å². The van der Waals surface area contributed by atoms with E-state index < -0.39 is 10.0 Å². The maximum atomic E-state index is 12.3. The molecule has 0 aliphatic carbocycles. The predicted molar refractivity (Wildman–Crippen MR) is 68.4 cm³/mol. The highest BCUT2D eigenvalue weighted by Crippen LogP contribution is 2.27. The third-order valence-electron chi connectivity index (χ3n) is 3.38. The fourth-order valence-corrected chi connectivity index (χ4v) is 3.85. The average molecular weight is 272 g/mol.